The lowest BCUT2D eigenvalue weighted by atomic mass is 9.91. The van der Waals surface area contributed by atoms with Crippen molar-refractivity contribution in [3.63, 3.8) is 0 Å². The molecule has 4 heteroatoms. The predicted octanol–water partition coefficient (Wildman–Crippen LogP) is 2.95. The van der Waals surface area contributed by atoms with E-state index in [1.165, 1.54) is 6.42 Å². The SMILES string of the molecule is CCNC(c1ccn(-c2ccccc2)n1)C1CCCOC1. The van der Waals surface area contributed by atoms with Gasteiger partial charge in [-0.2, -0.15) is 5.10 Å². The Bertz CT molecular complexity index is 546. The van der Waals surface area contributed by atoms with Gasteiger partial charge >= 0.3 is 0 Å². The molecule has 1 saturated heterocycles. The zero-order chi connectivity index (χ0) is 14.5. The molecule has 0 bridgehead atoms. The molecule has 2 aromatic rings. The molecule has 4 nitrogen and oxygen atoms in total. The van der Waals surface area contributed by atoms with E-state index >= 15 is 0 Å². The first-order valence-corrected chi connectivity index (χ1v) is 7.80. The molecular formula is C17H23N3O. The number of hydrogen-bond donors (Lipinski definition) is 1. The average molecular weight is 285 g/mol. The Morgan fingerprint density at radius 2 is 2.19 bits per heavy atom. The van der Waals surface area contributed by atoms with Crippen molar-refractivity contribution in [2.75, 3.05) is 19.8 Å². The zero-order valence-electron chi connectivity index (χ0n) is 12.5. The minimum absolute atomic E-state index is 0.278. The lowest BCUT2D eigenvalue weighted by molar-refractivity contribution is 0.0386. The molecule has 2 atom stereocenters. The van der Waals surface area contributed by atoms with Gasteiger partial charge in [0.1, 0.15) is 0 Å². The van der Waals surface area contributed by atoms with Crippen molar-refractivity contribution in [3.05, 3.63) is 48.3 Å². The lowest BCUT2D eigenvalue weighted by Gasteiger charge is -2.29. The highest BCUT2D eigenvalue weighted by Gasteiger charge is 2.26. The largest absolute Gasteiger partial charge is 0.381 e. The highest BCUT2D eigenvalue weighted by molar-refractivity contribution is 5.30. The number of nitrogens with zero attached hydrogens (tertiary/aromatic N) is 2. The Hall–Kier alpha value is -1.65. The Balaban J connectivity index is 1.81. The van der Waals surface area contributed by atoms with Crippen LogP contribution in [0.3, 0.4) is 0 Å². The van der Waals surface area contributed by atoms with Crippen LogP contribution >= 0.6 is 0 Å². The van der Waals surface area contributed by atoms with Crippen LogP contribution in [0.5, 0.6) is 0 Å². The molecule has 1 aliphatic heterocycles. The van der Waals surface area contributed by atoms with Crippen LogP contribution in [0.2, 0.25) is 0 Å². The summed E-state index contributed by atoms with van der Waals surface area (Å²) < 4.78 is 7.60. The number of rotatable bonds is 5. The fourth-order valence-electron chi connectivity index (χ4n) is 2.99. The number of hydrogen-bond acceptors (Lipinski definition) is 3. The van der Waals surface area contributed by atoms with Gasteiger partial charge in [0.05, 0.1) is 24.0 Å². The second-order valence-corrected chi connectivity index (χ2v) is 5.53. The molecule has 0 radical (unpaired) electrons. The number of nitrogens with one attached hydrogen (secondary N) is 1. The summed E-state index contributed by atoms with van der Waals surface area (Å²) in [6.45, 7) is 4.81. The Morgan fingerprint density at radius 3 is 2.90 bits per heavy atom. The summed E-state index contributed by atoms with van der Waals surface area (Å²) >= 11 is 0. The summed E-state index contributed by atoms with van der Waals surface area (Å²) in [6, 6.07) is 12.6. The van der Waals surface area contributed by atoms with E-state index in [0.29, 0.717) is 5.92 Å². The number of para-hydroxylation sites is 1. The van der Waals surface area contributed by atoms with Gasteiger partial charge in [-0.25, -0.2) is 4.68 Å². The molecule has 0 amide bonds. The van der Waals surface area contributed by atoms with Crippen molar-refractivity contribution in [2.24, 2.45) is 5.92 Å². The summed E-state index contributed by atoms with van der Waals surface area (Å²) in [5.41, 5.74) is 2.20. The van der Waals surface area contributed by atoms with E-state index in [1.807, 2.05) is 29.1 Å². The molecule has 3 rings (SSSR count). The maximum absolute atomic E-state index is 5.65. The number of ether oxygens (including phenoxy) is 1. The van der Waals surface area contributed by atoms with Gasteiger partial charge in [0.15, 0.2) is 0 Å². The van der Waals surface area contributed by atoms with Crippen molar-refractivity contribution in [2.45, 2.75) is 25.8 Å². The third-order valence-corrected chi connectivity index (χ3v) is 4.04. The number of aromatic nitrogens is 2. The van der Waals surface area contributed by atoms with Gasteiger partial charge in [-0.1, -0.05) is 25.1 Å². The monoisotopic (exact) mass is 285 g/mol. The Labute approximate surface area is 126 Å². The van der Waals surface area contributed by atoms with Crippen LogP contribution in [0, 0.1) is 5.92 Å². The van der Waals surface area contributed by atoms with Crippen LogP contribution in [0.1, 0.15) is 31.5 Å². The molecule has 2 heterocycles. The first kappa shape index (κ1) is 14.3. The zero-order valence-corrected chi connectivity index (χ0v) is 12.5. The van der Waals surface area contributed by atoms with E-state index in [9.17, 15) is 0 Å². The summed E-state index contributed by atoms with van der Waals surface area (Å²) in [6.07, 6.45) is 4.39. The van der Waals surface area contributed by atoms with E-state index < -0.39 is 0 Å². The summed E-state index contributed by atoms with van der Waals surface area (Å²) in [5.74, 6) is 0.512. The minimum Gasteiger partial charge on any atom is -0.381 e. The summed E-state index contributed by atoms with van der Waals surface area (Å²) in [5, 5.41) is 8.35. The quantitative estimate of drug-likeness (QED) is 0.918. The maximum atomic E-state index is 5.65. The van der Waals surface area contributed by atoms with Crippen LogP contribution in [-0.2, 0) is 4.74 Å². The Morgan fingerprint density at radius 1 is 1.33 bits per heavy atom. The van der Waals surface area contributed by atoms with Crippen molar-refractivity contribution >= 4 is 0 Å². The molecule has 1 aromatic carbocycles. The van der Waals surface area contributed by atoms with Gasteiger partial charge in [0.25, 0.3) is 0 Å². The van der Waals surface area contributed by atoms with E-state index in [4.69, 9.17) is 9.84 Å². The molecule has 1 aliphatic rings. The normalized spacial score (nSPS) is 20.3. The summed E-state index contributed by atoms with van der Waals surface area (Å²) in [4.78, 5) is 0. The first-order chi connectivity index (χ1) is 10.4. The topological polar surface area (TPSA) is 39.1 Å². The number of benzene rings is 1. The van der Waals surface area contributed by atoms with Gasteiger partial charge in [-0.3, -0.25) is 0 Å². The highest BCUT2D eigenvalue weighted by atomic mass is 16.5. The molecule has 0 saturated carbocycles. The maximum Gasteiger partial charge on any atom is 0.0802 e. The van der Waals surface area contributed by atoms with Gasteiger partial charge in [-0.15, -0.1) is 0 Å². The van der Waals surface area contributed by atoms with E-state index in [1.54, 1.807) is 0 Å². The van der Waals surface area contributed by atoms with E-state index in [2.05, 4.69) is 30.4 Å². The Kier molecular flexibility index (Phi) is 4.68. The third kappa shape index (κ3) is 3.34. The van der Waals surface area contributed by atoms with Gasteiger partial charge < -0.3 is 10.1 Å². The van der Waals surface area contributed by atoms with E-state index in [0.717, 1.165) is 37.6 Å². The molecule has 0 aliphatic carbocycles. The van der Waals surface area contributed by atoms with Crippen LogP contribution in [0.15, 0.2) is 42.6 Å². The van der Waals surface area contributed by atoms with Crippen LogP contribution < -0.4 is 5.32 Å². The molecular weight excluding hydrogens is 262 g/mol. The molecule has 1 aromatic heterocycles. The van der Waals surface area contributed by atoms with Crippen molar-refractivity contribution in [1.29, 1.82) is 0 Å². The van der Waals surface area contributed by atoms with E-state index in [-0.39, 0.29) is 6.04 Å². The first-order valence-electron chi connectivity index (χ1n) is 7.80. The highest BCUT2D eigenvalue weighted by Crippen LogP contribution is 2.28. The summed E-state index contributed by atoms with van der Waals surface area (Å²) in [7, 11) is 0. The molecule has 2 unspecified atom stereocenters. The molecule has 1 N–H and O–H groups in total. The van der Waals surface area contributed by atoms with Gasteiger partial charge in [-0.05, 0) is 37.6 Å². The average Bonchev–Trinajstić information content (AvgIpc) is 3.04. The van der Waals surface area contributed by atoms with Crippen LogP contribution in [-0.4, -0.2) is 29.5 Å². The van der Waals surface area contributed by atoms with Crippen molar-refractivity contribution < 1.29 is 4.74 Å². The second-order valence-electron chi connectivity index (χ2n) is 5.53. The van der Waals surface area contributed by atoms with Crippen molar-refractivity contribution in [3.8, 4) is 5.69 Å². The molecule has 1 fully saturated rings. The smallest absolute Gasteiger partial charge is 0.0802 e. The fourth-order valence-corrected chi connectivity index (χ4v) is 2.99. The van der Waals surface area contributed by atoms with Crippen molar-refractivity contribution in [1.82, 2.24) is 15.1 Å². The lowest BCUT2D eigenvalue weighted by Crippen LogP contribution is -2.33. The molecule has 112 valence electrons. The van der Waals surface area contributed by atoms with Gasteiger partial charge in [0.2, 0.25) is 0 Å². The third-order valence-electron chi connectivity index (χ3n) is 4.04. The molecule has 0 spiro atoms. The minimum atomic E-state index is 0.278. The van der Waals surface area contributed by atoms with Gasteiger partial charge in [0, 0.05) is 18.7 Å². The molecule has 21 heavy (non-hydrogen) atoms. The standard InChI is InChI=1S/C17H23N3O/c1-2-18-17(14-7-6-12-21-13-14)16-10-11-20(19-16)15-8-4-3-5-9-15/h3-5,8-11,14,17-18H,2,6-7,12-13H2,1H3. The predicted molar refractivity (Wildman–Crippen MR) is 83.5 cm³/mol. The van der Waals surface area contributed by atoms with Crippen LogP contribution in [0.4, 0.5) is 0 Å². The second kappa shape index (κ2) is 6.87. The van der Waals surface area contributed by atoms with Crippen LogP contribution in [0.25, 0.3) is 5.69 Å². The fraction of sp³-hybridized carbons (Fsp3) is 0.471.